The van der Waals surface area contributed by atoms with Crippen molar-refractivity contribution in [2.24, 2.45) is 5.92 Å². The van der Waals surface area contributed by atoms with Crippen LogP contribution in [0.2, 0.25) is 0 Å². The number of aliphatic carboxylic acids is 1. The van der Waals surface area contributed by atoms with E-state index in [4.69, 9.17) is 5.11 Å². The fourth-order valence-corrected chi connectivity index (χ4v) is 2.14. The van der Waals surface area contributed by atoms with E-state index in [1.54, 1.807) is 6.07 Å². The third-order valence-electron chi connectivity index (χ3n) is 3.47. The van der Waals surface area contributed by atoms with Crippen LogP contribution in [0.1, 0.15) is 49.6 Å². The maximum Gasteiger partial charge on any atom is 0.305 e. The number of nitrogens with zero attached hydrogens (tertiary/aromatic N) is 1. The zero-order valence-corrected chi connectivity index (χ0v) is 11.3. The molecular formula is C14H20N2O3. The Balaban J connectivity index is 2.05. The fraction of sp³-hybridized carbons (Fsp3) is 0.571. The number of rotatable bonds is 6. The van der Waals surface area contributed by atoms with Crippen LogP contribution in [0.3, 0.4) is 0 Å². The van der Waals surface area contributed by atoms with Gasteiger partial charge in [0, 0.05) is 18.3 Å². The molecule has 0 saturated heterocycles. The van der Waals surface area contributed by atoms with Crippen molar-refractivity contribution < 1.29 is 14.7 Å². The van der Waals surface area contributed by atoms with Crippen molar-refractivity contribution in [3.63, 3.8) is 0 Å². The van der Waals surface area contributed by atoms with Crippen LogP contribution < -0.4 is 5.32 Å². The molecule has 1 amide bonds. The molecule has 1 aliphatic rings. The maximum atomic E-state index is 12.2. The molecule has 0 radical (unpaired) electrons. The normalized spacial score (nSPS) is 16.4. The van der Waals surface area contributed by atoms with E-state index in [0.29, 0.717) is 11.7 Å². The second-order valence-electron chi connectivity index (χ2n) is 5.45. The summed E-state index contributed by atoms with van der Waals surface area (Å²) in [5, 5.41) is 11.7. The monoisotopic (exact) mass is 264 g/mol. The Hall–Kier alpha value is -1.78. The first kappa shape index (κ1) is 13.6. The molecule has 1 atom stereocenters. The van der Waals surface area contributed by atoms with Crippen molar-refractivity contribution in [3.05, 3.63) is 24.0 Å². The van der Waals surface area contributed by atoms with Crippen LogP contribution in [0.4, 0.5) is 0 Å². The number of nitrogens with one attached hydrogen (secondary N) is 1. The number of hydrogen-bond donors (Lipinski definition) is 2. The van der Waals surface area contributed by atoms with Gasteiger partial charge in [-0.1, -0.05) is 13.8 Å². The summed E-state index contributed by atoms with van der Waals surface area (Å²) < 4.78 is 1.98. The Kier molecular flexibility index (Phi) is 3.93. The zero-order chi connectivity index (χ0) is 14.0. The van der Waals surface area contributed by atoms with E-state index < -0.39 is 5.97 Å². The van der Waals surface area contributed by atoms with Crippen LogP contribution in [-0.4, -0.2) is 27.6 Å². The van der Waals surface area contributed by atoms with Gasteiger partial charge in [0.1, 0.15) is 5.69 Å². The molecule has 1 heterocycles. The van der Waals surface area contributed by atoms with Crippen LogP contribution >= 0.6 is 0 Å². The van der Waals surface area contributed by atoms with Crippen molar-refractivity contribution in [3.8, 4) is 0 Å². The number of hydrogen-bond acceptors (Lipinski definition) is 2. The molecule has 2 N–H and O–H groups in total. The number of carbonyl (C=O) groups is 2. The van der Waals surface area contributed by atoms with Gasteiger partial charge in [0.15, 0.2) is 0 Å². The molecule has 5 heteroatoms. The number of carboxylic acid groups (broad SMARTS) is 1. The topological polar surface area (TPSA) is 71.3 Å². The van der Waals surface area contributed by atoms with E-state index in [2.05, 4.69) is 5.32 Å². The van der Waals surface area contributed by atoms with Crippen LogP contribution in [0.25, 0.3) is 0 Å². The van der Waals surface area contributed by atoms with Gasteiger partial charge in [0.2, 0.25) is 0 Å². The quantitative estimate of drug-likeness (QED) is 0.826. The summed E-state index contributed by atoms with van der Waals surface area (Å²) in [5.74, 6) is -0.988. The highest BCUT2D eigenvalue weighted by Crippen LogP contribution is 2.36. The minimum atomic E-state index is -0.892. The van der Waals surface area contributed by atoms with Crippen molar-refractivity contribution in [2.45, 2.75) is 45.2 Å². The Bertz CT molecular complexity index is 475. The molecule has 2 rings (SSSR count). The van der Waals surface area contributed by atoms with Crippen LogP contribution in [0.15, 0.2) is 18.3 Å². The average Bonchev–Trinajstić information content (AvgIpc) is 3.05. The molecular weight excluding hydrogens is 244 g/mol. The lowest BCUT2D eigenvalue weighted by Gasteiger charge is -2.21. The van der Waals surface area contributed by atoms with E-state index in [9.17, 15) is 9.59 Å². The van der Waals surface area contributed by atoms with Gasteiger partial charge >= 0.3 is 5.97 Å². The molecule has 1 unspecified atom stereocenters. The van der Waals surface area contributed by atoms with Gasteiger partial charge in [-0.05, 0) is 30.9 Å². The van der Waals surface area contributed by atoms with E-state index in [0.717, 1.165) is 12.8 Å². The lowest BCUT2D eigenvalue weighted by Crippen LogP contribution is -2.40. The fourth-order valence-electron chi connectivity index (χ4n) is 2.14. The number of carbonyl (C=O) groups excluding carboxylic acids is 1. The number of aromatic nitrogens is 1. The highest BCUT2D eigenvalue weighted by atomic mass is 16.4. The van der Waals surface area contributed by atoms with Gasteiger partial charge < -0.3 is 15.0 Å². The summed E-state index contributed by atoms with van der Waals surface area (Å²) in [5.41, 5.74) is 0.624. The molecule has 1 aromatic heterocycles. The van der Waals surface area contributed by atoms with Gasteiger partial charge in [-0.3, -0.25) is 9.59 Å². The molecule has 5 nitrogen and oxygen atoms in total. The molecule has 0 spiro atoms. The van der Waals surface area contributed by atoms with E-state index in [1.165, 1.54) is 0 Å². The van der Waals surface area contributed by atoms with Crippen molar-refractivity contribution in [1.82, 2.24) is 9.88 Å². The lowest BCUT2D eigenvalue weighted by atomic mass is 10.0. The summed E-state index contributed by atoms with van der Waals surface area (Å²) in [4.78, 5) is 23.0. The molecule has 19 heavy (non-hydrogen) atoms. The molecule has 1 saturated carbocycles. The molecule has 0 aromatic carbocycles. The van der Waals surface area contributed by atoms with Gasteiger partial charge in [-0.2, -0.15) is 0 Å². The number of amides is 1. The first-order valence-electron chi connectivity index (χ1n) is 6.68. The van der Waals surface area contributed by atoms with Gasteiger partial charge in [0.05, 0.1) is 6.42 Å². The number of carboxylic acids is 1. The Morgan fingerprint density at radius 3 is 2.68 bits per heavy atom. The first-order chi connectivity index (χ1) is 8.99. The Morgan fingerprint density at radius 2 is 2.16 bits per heavy atom. The summed E-state index contributed by atoms with van der Waals surface area (Å²) in [6, 6.07) is 3.74. The van der Waals surface area contributed by atoms with E-state index >= 15 is 0 Å². The standard InChI is InChI=1S/C14H20N2O3/c1-9(2)11(8-13(17)18)15-14(19)12-4-3-7-16(12)10-5-6-10/h3-4,7,9-11H,5-6,8H2,1-2H3,(H,15,19)(H,17,18). The predicted molar refractivity (Wildman–Crippen MR) is 71.0 cm³/mol. The van der Waals surface area contributed by atoms with Crippen molar-refractivity contribution in [2.75, 3.05) is 0 Å². The molecule has 0 aliphatic heterocycles. The average molecular weight is 264 g/mol. The molecule has 1 aromatic rings. The third kappa shape index (κ3) is 3.36. The molecule has 0 bridgehead atoms. The van der Waals surface area contributed by atoms with Crippen LogP contribution in [0, 0.1) is 5.92 Å². The Morgan fingerprint density at radius 1 is 1.47 bits per heavy atom. The second-order valence-corrected chi connectivity index (χ2v) is 5.45. The summed E-state index contributed by atoms with van der Waals surface area (Å²) in [6.45, 7) is 3.82. The van der Waals surface area contributed by atoms with Crippen LogP contribution in [-0.2, 0) is 4.79 Å². The van der Waals surface area contributed by atoms with Crippen molar-refractivity contribution >= 4 is 11.9 Å². The minimum Gasteiger partial charge on any atom is -0.481 e. The molecule has 1 fully saturated rings. The third-order valence-corrected chi connectivity index (χ3v) is 3.47. The Labute approximate surface area is 112 Å². The summed E-state index contributed by atoms with van der Waals surface area (Å²) in [7, 11) is 0. The second kappa shape index (κ2) is 5.47. The summed E-state index contributed by atoms with van der Waals surface area (Å²) in [6.07, 6.45) is 4.08. The highest BCUT2D eigenvalue weighted by Gasteiger charge is 2.28. The SMILES string of the molecule is CC(C)C(CC(=O)O)NC(=O)c1cccn1C1CC1. The lowest BCUT2D eigenvalue weighted by molar-refractivity contribution is -0.137. The van der Waals surface area contributed by atoms with E-state index in [-0.39, 0.29) is 24.3 Å². The van der Waals surface area contributed by atoms with E-state index in [1.807, 2.05) is 30.7 Å². The predicted octanol–water partition coefficient (Wildman–Crippen LogP) is 2.05. The van der Waals surface area contributed by atoms with Gasteiger partial charge in [-0.25, -0.2) is 0 Å². The van der Waals surface area contributed by atoms with Gasteiger partial charge in [0.25, 0.3) is 5.91 Å². The minimum absolute atomic E-state index is 0.0481. The first-order valence-corrected chi connectivity index (χ1v) is 6.68. The van der Waals surface area contributed by atoms with Crippen molar-refractivity contribution in [1.29, 1.82) is 0 Å². The van der Waals surface area contributed by atoms with Gasteiger partial charge in [-0.15, -0.1) is 0 Å². The smallest absolute Gasteiger partial charge is 0.305 e. The molecule has 104 valence electrons. The summed E-state index contributed by atoms with van der Waals surface area (Å²) >= 11 is 0. The largest absolute Gasteiger partial charge is 0.481 e. The molecule has 1 aliphatic carbocycles. The zero-order valence-electron chi connectivity index (χ0n) is 11.3. The highest BCUT2D eigenvalue weighted by molar-refractivity contribution is 5.93. The van der Waals surface area contributed by atoms with Crippen LogP contribution in [0.5, 0.6) is 0 Å². The maximum absolute atomic E-state index is 12.2.